The normalized spacial score (nSPS) is 20.9. The number of likely N-dealkylation sites (tertiary alicyclic amines) is 1. The van der Waals surface area contributed by atoms with Crippen molar-refractivity contribution in [3.05, 3.63) is 53.3 Å². The zero-order valence-electron chi connectivity index (χ0n) is 17.3. The number of nitrogens with zero attached hydrogens (tertiary/aromatic N) is 3. The number of benzene rings is 1. The van der Waals surface area contributed by atoms with E-state index in [2.05, 4.69) is 22.4 Å². The van der Waals surface area contributed by atoms with Crippen molar-refractivity contribution in [2.75, 3.05) is 25.0 Å². The van der Waals surface area contributed by atoms with E-state index < -0.39 is 12.3 Å². The first-order chi connectivity index (χ1) is 15.0. The van der Waals surface area contributed by atoms with E-state index >= 15 is 0 Å². The average Bonchev–Trinajstić information content (AvgIpc) is 3.63. The number of hydrogen-bond donors (Lipinski definition) is 3. The number of piperidine rings is 1. The summed E-state index contributed by atoms with van der Waals surface area (Å²) in [5.41, 5.74) is 2.30. The Morgan fingerprint density at radius 2 is 2.06 bits per heavy atom. The fourth-order valence-electron chi connectivity index (χ4n) is 3.79. The zero-order valence-corrected chi connectivity index (χ0v) is 17.3. The minimum absolute atomic E-state index is 0.0117. The Balaban J connectivity index is 1.24. The minimum Gasteiger partial charge on any atom is -0.445 e. The molecule has 8 nitrogen and oxygen atoms in total. The molecule has 2 heterocycles. The summed E-state index contributed by atoms with van der Waals surface area (Å²) in [7, 11) is 0. The standard InChI is InChI=1S/C22H27FN6O2/c23-19-12-28(22(30)31-13-15-1-3-16(4-2-15)17-5-6-17)9-7-18(19)11-27-21-20(25)29(14-24)10-8-26-21/h1-4,8,10,14,17-19,24-25H,5-7,9,11-13H2,(H,26,27)/t18-,19-/m1/s1. The molecular weight excluding hydrogens is 399 g/mol. The van der Waals surface area contributed by atoms with Gasteiger partial charge in [-0.25, -0.2) is 14.2 Å². The molecule has 1 aliphatic carbocycles. The second-order valence-corrected chi connectivity index (χ2v) is 8.12. The van der Waals surface area contributed by atoms with Crippen LogP contribution in [0, 0.1) is 16.7 Å². The van der Waals surface area contributed by atoms with Gasteiger partial charge in [0.1, 0.15) is 12.8 Å². The maximum absolute atomic E-state index is 14.7. The Morgan fingerprint density at radius 1 is 1.29 bits per heavy atom. The highest BCUT2D eigenvalue weighted by molar-refractivity contribution is 5.67. The first kappa shape index (κ1) is 21.0. The molecule has 2 aliphatic rings. The summed E-state index contributed by atoms with van der Waals surface area (Å²) in [6.07, 6.45) is 5.30. The first-order valence-electron chi connectivity index (χ1n) is 10.6. The molecule has 0 unspecified atom stereocenters. The van der Waals surface area contributed by atoms with Gasteiger partial charge in [0.25, 0.3) is 0 Å². The molecule has 1 saturated carbocycles. The van der Waals surface area contributed by atoms with E-state index in [1.54, 1.807) is 0 Å². The predicted molar refractivity (Wildman–Crippen MR) is 114 cm³/mol. The summed E-state index contributed by atoms with van der Waals surface area (Å²) in [4.78, 5) is 17.9. The molecule has 1 saturated heterocycles. The summed E-state index contributed by atoms with van der Waals surface area (Å²) in [6, 6.07) is 8.14. The van der Waals surface area contributed by atoms with Gasteiger partial charge in [-0.15, -0.1) is 0 Å². The highest BCUT2D eigenvalue weighted by atomic mass is 19.1. The van der Waals surface area contributed by atoms with E-state index in [4.69, 9.17) is 15.6 Å². The van der Waals surface area contributed by atoms with Crippen molar-refractivity contribution in [1.82, 2.24) is 14.5 Å². The summed E-state index contributed by atoms with van der Waals surface area (Å²) < 4.78 is 21.4. The third kappa shape index (κ3) is 5.10. The molecule has 164 valence electrons. The van der Waals surface area contributed by atoms with Gasteiger partial charge in [-0.1, -0.05) is 24.3 Å². The van der Waals surface area contributed by atoms with E-state index in [0.29, 0.717) is 31.2 Å². The van der Waals surface area contributed by atoms with E-state index in [0.717, 1.165) is 11.9 Å². The molecule has 9 heteroatoms. The lowest BCUT2D eigenvalue weighted by Gasteiger charge is -2.34. The molecule has 4 rings (SSSR count). The molecule has 1 aliphatic heterocycles. The summed E-state index contributed by atoms with van der Waals surface area (Å²) in [5, 5.41) is 18.3. The number of rotatable bonds is 7. The third-order valence-electron chi connectivity index (χ3n) is 5.91. The number of ether oxygens (including phenoxy) is 1. The van der Waals surface area contributed by atoms with Crippen molar-refractivity contribution < 1.29 is 13.9 Å². The van der Waals surface area contributed by atoms with Crippen molar-refractivity contribution in [3.63, 3.8) is 0 Å². The number of carbonyl (C=O) groups excluding carboxylic acids is 1. The van der Waals surface area contributed by atoms with Gasteiger partial charge in [-0.2, -0.15) is 0 Å². The molecule has 1 aromatic heterocycles. The number of carbonyl (C=O) groups is 1. The van der Waals surface area contributed by atoms with E-state index in [1.807, 2.05) is 12.1 Å². The van der Waals surface area contributed by atoms with Crippen LogP contribution in [0.5, 0.6) is 0 Å². The molecule has 3 N–H and O–H groups in total. The second kappa shape index (κ2) is 9.28. The topological polar surface area (TPSA) is 107 Å². The maximum Gasteiger partial charge on any atom is 0.410 e. The van der Waals surface area contributed by atoms with Gasteiger partial charge in [0.15, 0.2) is 11.3 Å². The van der Waals surface area contributed by atoms with E-state index in [-0.39, 0.29) is 24.6 Å². The van der Waals surface area contributed by atoms with Crippen LogP contribution >= 0.6 is 0 Å². The number of aromatic nitrogens is 2. The van der Waals surface area contributed by atoms with Crippen molar-refractivity contribution in [1.29, 1.82) is 10.8 Å². The number of anilines is 1. The van der Waals surface area contributed by atoms with Gasteiger partial charge in [0, 0.05) is 31.4 Å². The lowest BCUT2D eigenvalue weighted by atomic mass is 9.95. The molecule has 2 atom stereocenters. The average molecular weight is 426 g/mol. The number of hydrogen-bond acceptors (Lipinski definition) is 6. The fourth-order valence-corrected chi connectivity index (χ4v) is 3.79. The van der Waals surface area contributed by atoms with E-state index in [9.17, 15) is 9.18 Å². The van der Waals surface area contributed by atoms with Gasteiger partial charge in [0.2, 0.25) is 0 Å². The Hall–Kier alpha value is -3.23. The lowest BCUT2D eigenvalue weighted by Crippen LogP contribution is -2.47. The molecule has 1 amide bonds. The van der Waals surface area contributed by atoms with Crippen molar-refractivity contribution in [3.8, 4) is 0 Å². The Bertz CT molecular complexity index is 988. The van der Waals surface area contributed by atoms with Crippen molar-refractivity contribution >= 4 is 18.2 Å². The van der Waals surface area contributed by atoms with Gasteiger partial charge in [-0.3, -0.25) is 15.4 Å². The van der Waals surface area contributed by atoms with E-state index in [1.165, 1.54) is 40.3 Å². The van der Waals surface area contributed by atoms with Crippen LogP contribution in [0.3, 0.4) is 0 Å². The Kier molecular flexibility index (Phi) is 6.29. The number of amides is 1. The first-order valence-corrected chi connectivity index (χ1v) is 10.6. The van der Waals surface area contributed by atoms with Crippen LogP contribution in [-0.4, -0.2) is 52.7 Å². The second-order valence-electron chi connectivity index (χ2n) is 8.12. The summed E-state index contributed by atoms with van der Waals surface area (Å²) in [5.74, 6) is 0.692. The van der Waals surface area contributed by atoms with Gasteiger partial charge in [0.05, 0.1) is 12.9 Å². The van der Waals surface area contributed by atoms with Crippen LogP contribution in [-0.2, 0) is 11.3 Å². The number of halogens is 1. The van der Waals surface area contributed by atoms with Crippen LogP contribution in [0.25, 0.3) is 0 Å². The van der Waals surface area contributed by atoms with Gasteiger partial charge in [-0.05, 0) is 36.3 Å². The number of nitrogens with one attached hydrogen (secondary N) is 3. The number of alkyl halides is 1. The Morgan fingerprint density at radius 3 is 2.74 bits per heavy atom. The van der Waals surface area contributed by atoms with Crippen molar-refractivity contribution in [2.24, 2.45) is 5.92 Å². The van der Waals surface area contributed by atoms with Crippen LogP contribution in [0.15, 0.2) is 36.7 Å². The smallest absolute Gasteiger partial charge is 0.410 e. The molecule has 0 spiro atoms. The quantitative estimate of drug-likeness (QED) is 0.467. The van der Waals surface area contributed by atoms with Crippen LogP contribution in [0.4, 0.5) is 15.0 Å². The van der Waals surface area contributed by atoms with Gasteiger partial charge < -0.3 is 15.0 Å². The van der Waals surface area contributed by atoms with Crippen LogP contribution in [0.2, 0.25) is 0 Å². The highest BCUT2D eigenvalue weighted by Gasteiger charge is 2.32. The molecule has 1 aromatic carbocycles. The SMILES string of the molecule is N=Cn1ccnc(NC[C@H]2CCN(C(=O)OCc3ccc(C4CC4)cc3)C[C@H]2F)c1=N. The molecule has 31 heavy (non-hydrogen) atoms. The molecule has 0 bridgehead atoms. The molecular formula is C22H27FN6O2. The monoisotopic (exact) mass is 426 g/mol. The lowest BCUT2D eigenvalue weighted by molar-refractivity contribution is 0.0544. The zero-order chi connectivity index (χ0) is 21.8. The summed E-state index contributed by atoms with van der Waals surface area (Å²) >= 11 is 0. The molecule has 2 fully saturated rings. The molecule has 0 radical (unpaired) electrons. The molecule has 2 aromatic rings. The largest absolute Gasteiger partial charge is 0.445 e. The van der Waals surface area contributed by atoms with Crippen LogP contribution < -0.4 is 10.8 Å². The highest BCUT2D eigenvalue weighted by Crippen LogP contribution is 2.39. The van der Waals surface area contributed by atoms with Crippen LogP contribution in [0.1, 0.15) is 36.3 Å². The van der Waals surface area contributed by atoms with Gasteiger partial charge >= 0.3 is 6.09 Å². The third-order valence-corrected chi connectivity index (χ3v) is 5.91. The maximum atomic E-state index is 14.7. The fraction of sp³-hybridized carbons (Fsp3) is 0.455. The minimum atomic E-state index is -1.20. The van der Waals surface area contributed by atoms with Crippen molar-refractivity contribution in [2.45, 2.75) is 38.0 Å². The Labute approximate surface area is 180 Å². The summed E-state index contributed by atoms with van der Waals surface area (Å²) in [6.45, 7) is 0.893. The predicted octanol–water partition coefficient (Wildman–Crippen LogP) is 3.10.